The lowest BCUT2D eigenvalue weighted by molar-refractivity contribution is -0.119. The highest BCUT2D eigenvalue weighted by Crippen LogP contribution is 1.94. The van der Waals surface area contributed by atoms with Crippen molar-refractivity contribution in [2.45, 2.75) is 19.8 Å². The van der Waals surface area contributed by atoms with Gasteiger partial charge in [-0.3, -0.25) is 9.69 Å². The zero-order valence-corrected chi connectivity index (χ0v) is 8.20. The summed E-state index contributed by atoms with van der Waals surface area (Å²) in [5, 5.41) is 17.4. The van der Waals surface area contributed by atoms with Crippen molar-refractivity contribution in [3.63, 3.8) is 0 Å². The van der Waals surface area contributed by atoms with E-state index in [0.717, 1.165) is 0 Å². The standard InChI is InChI=1S/C9H19NO3/c1-2-9(13)3-4-10(5-7-11)6-8-12/h11-12H,2-8H2,1H3. The molecule has 0 radical (unpaired) electrons. The van der Waals surface area contributed by atoms with Crippen LogP contribution in [0.4, 0.5) is 0 Å². The maximum absolute atomic E-state index is 11.0. The smallest absolute Gasteiger partial charge is 0.133 e. The molecule has 0 aromatic carbocycles. The highest BCUT2D eigenvalue weighted by molar-refractivity contribution is 5.78. The van der Waals surface area contributed by atoms with E-state index in [2.05, 4.69) is 0 Å². The van der Waals surface area contributed by atoms with Gasteiger partial charge in [-0.1, -0.05) is 6.92 Å². The number of Topliss-reactive ketones (excluding diaryl/α,β-unsaturated/α-hetero) is 1. The second kappa shape index (κ2) is 8.16. The van der Waals surface area contributed by atoms with E-state index in [1.54, 1.807) is 0 Å². The molecule has 0 fully saturated rings. The van der Waals surface area contributed by atoms with Crippen LogP contribution in [0.2, 0.25) is 0 Å². The van der Waals surface area contributed by atoms with Crippen molar-refractivity contribution < 1.29 is 15.0 Å². The molecule has 0 amide bonds. The summed E-state index contributed by atoms with van der Waals surface area (Å²) in [6.45, 7) is 3.66. The first-order chi connectivity index (χ1) is 6.24. The van der Waals surface area contributed by atoms with Gasteiger partial charge in [0.25, 0.3) is 0 Å². The molecule has 0 bridgehead atoms. The first kappa shape index (κ1) is 12.6. The van der Waals surface area contributed by atoms with Gasteiger partial charge in [0.05, 0.1) is 13.2 Å². The molecule has 0 aliphatic carbocycles. The molecule has 0 atom stereocenters. The van der Waals surface area contributed by atoms with Crippen molar-refractivity contribution in [2.24, 2.45) is 0 Å². The van der Waals surface area contributed by atoms with Gasteiger partial charge in [-0.2, -0.15) is 0 Å². The number of hydrogen-bond donors (Lipinski definition) is 2. The van der Waals surface area contributed by atoms with Crippen LogP contribution in [0.25, 0.3) is 0 Å². The summed E-state index contributed by atoms with van der Waals surface area (Å²) in [6, 6.07) is 0. The van der Waals surface area contributed by atoms with Gasteiger partial charge in [-0.05, 0) is 0 Å². The summed E-state index contributed by atoms with van der Waals surface area (Å²) in [6.07, 6.45) is 1.07. The van der Waals surface area contributed by atoms with Gasteiger partial charge in [0.15, 0.2) is 0 Å². The molecule has 0 unspecified atom stereocenters. The predicted octanol–water partition coefficient (Wildman–Crippen LogP) is -0.358. The minimum atomic E-state index is 0.0698. The second-order valence-corrected chi connectivity index (χ2v) is 2.93. The Labute approximate surface area is 79.2 Å². The van der Waals surface area contributed by atoms with Crippen LogP contribution in [0.3, 0.4) is 0 Å². The molecule has 0 saturated heterocycles. The Morgan fingerprint density at radius 1 is 1.15 bits per heavy atom. The van der Waals surface area contributed by atoms with E-state index in [1.165, 1.54) is 0 Å². The summed E-state index contributed by atoms with van der Waals surface area (Å²) in [7, 11) is 0. The van der Waals surface area contributed by atoms with Crippen LogP contribution in [0.5, 0.6) is 0 Å². The third kappa shape index (κ3) is 6.69. The third-order valence-electron chi connectivity index (χ3n) is 1.93. The zero-order valence-electron chi connectivity index (χ0n) is 8.20. The van der Waals surface area contributed by atoms with E-state index in [9.17, 15) is 4.79 Å². The van der Waals surface area contributed by atoms with Crippen LogP contribution < -0.4 is 0 Å². The fourth-order valence-electron chi connectivity index (χ4n) is 1.08. The normalized spacial score (nSPS) is 10.8. The van der Waals surface area contributed by atoms with E-state index in [0.29, 0.717) is 32.5 Å². The average Bonchev–Trinajstić information content (AvgIpc) is 2.14. The number of ketones is 1. The monoisotopic (exact) mass is 189 g/mol. The lowest BCUT2D eigenvalue weighted by Crippen LogP contribution is -2.31. The molecular formula is C9H19NO3. The lowest BCUT2D eigenvalue weighted by Gasteiger charge is -2.19. The van der Waals surface area contributed by atoms with E-state index >= 15 is 0 Å². The minimum absolute atomic E-state index is 0.0698. The summed E-state index contributed by atoms with van der Waals surface area (Å²) in [5.41, 5.74) is 0. The summed E-state index contributed by atoms with van der Waals surface area (Å²) in [5.74, 6) is 0.223. The molecule has 0 spiro atoms. The van der Waals surface area contributed by atoms with Crippen LogP contribution in [-0.2, 0) is 4.79 Å². The van der Waals surface area contributed by atoms with Crippen LogP contribution in [0.1, 0.15) is 19.8 Å². The van der Waals surface area contributed by atoms with Gasteiger partial charge >= 0.3 is 0 Å². The van der Waals surface area contributed by atoms with Crippen LogP contribution in [0.15, 0.2) is 0 Å². The van der Waals surface area contributed by atoms with Crippen molar-refractivity contribution in [2.75, 3.05) is 32.8 Å². The molecule has 0 aromatic heterocycles. The first-order valence-corrected chi connectivity index (χ1v) is 4.70. The molecule has 4 nitrogen and oxygen atoms in total. The summed E-state index contributed by atoms with van der Waals surface area (Å²) in [4.78, 5) is 12.9. The van der Waals surface area contributed by atoms with E-state index in [-0.39, 0.29) is 19.0 Å². The Bertz CT molecular complexity index is 133. The number of rotatable bonds is 8. The second-order valence-electron chi connectivity index (χ2n) is 2.93. The predicted molar refractivity (Wildman–Crippen MR) is 50.5 cm³/mol. The summed E-state index contributed by atoms with van der Waals surface area (Å²) < 4.78 is 0. The largest absolute Gasteiger partial charge is 0.395 e. The Balaban J connectivity index is 3.61. The van der Waals surface area contributed by atoms with E-state index in [4.69, 9.17) is 10.2 Å². The molecule has 13 heavy (non-hydrogen) atoms. The Kier molecular flexibility index (Phi) is 7.88. The SMILES string of the molecule is CCC(=O)CCN(CCO)CCO. The molecule has 0 rings (SSSR count). The summed E-state index contributed by atoms with van der Waals surface area (Å²) >= 11 is 0. The Morgan fingerprint density at radius 2 is 1.69 bits per heavy atom. The maximum Gasteiger partial charge on any atom is 0.133 e. The Hall–Kier alpha value is -0.450. The molecule has 0 saturated carbocycles. The highest BCUT2D eigenvalue weighted by Gasteiger charge is 2.05. The minimum Gasteiger partial charge on any atom is -0.395 e. The topological polar surface area (TPSA) is 60.8 Å². The van der Waals surface area contributed by atoms with Gasteiger partial charge < -0.3 is 10.2 Å². The third-order valence-corrected chi connectivity index (χ3v) is 1.93. The molecule has 78 valence electrons. The molecule has 4 heteroatoms. The van der Waals surface area contributed by atoms with Crippen molar-refractivity contribution in [3.8, 4) is 0 Å². The Morgan fingerprint density at radius 3 is 2.08 bits per heavy atom. The van der Waals surface area contributed by atoms with E-state index in [1.807, 2.05) is 11.8 Å². The molecule has 0 heterocycles. The highest BCUT2D eigenvalue weighted by atomic mass is 16.3. The van der Waals surface area contributed by atoms with Gasteiger partial charge in [-0.15, -0.1) is 0 Å². The molecule has 2 N–H and O–H groups in total. The number of aliphatic hydroxyl groups is 2. The van der Waals surface area contributed by atoms with Crippen LogP contribution >= 0.6 is 0 Å². The quantitative estimate of drug-likeness (QED) is 0.547. The number of carbonyl (C=O) groups is 1. The molecule has 0 aromatic rings. The average molecular weight is 189 g/mol. The maximum atomic E-state index is 11.0. The fourth-order valence-corrected chi connectivity index (χ4v) is 1.08. The zero-order chi connectivity index (χ0) is 10.1. The van der Waals surface area contributed by atoms with Crippen molar-refractivity contribution >= 4 is 5.78 Å². The van der Waals surface area contributed by atoms with Crippen LogP contribution in [0, 0.1) is 0 Å². The van der Waals surface area contributed by atoms with Gasteiger partial charge in [0.1, 0.15) is 5.78 Å². The molecule has 0 aliphatic heterocycles. The molecular weight excluding hydrogens is 170 g/mol. The number of carbonyl (C=O) groups excluding carboxylic acids is 1. The van der Waals surface area contributed by atoms with Crippen molar-refractivity contribution in [3.05, 3.63) is 0 Å². The van der Waals surface area contributed by atoms with Gasteiger partial charge in [0.2, 0.25) is 0 Å². The van der Waals surface area contributed by atoms with E-state index < -0.39 is 0 Å². The molecule has 0 aliphatic rings. The van der Waals surface area contributed by atoms with Gasteiger partial charge in [0, 0.05) is 32.5 Å². The van der Waals surface area contributed by atoms with Crippen molar-refractivity contribution in [1.82, 2.24) is 4.90 Å². The first-order valence-electron chi connectivity index (χ1n) is 4.70. The number of nitrogens with zero attached hydrogens (tertiary/aromatic N) is 1. The lowest BCUT2D eigenvalue weighted by atomic mass is 10.2. The van der Waals surface area contributed by atoms with Gasteiger partial charge in [-0.25, -0.2) is 0 Å². The number of aliphatic hydroxyl groups excluding tert-OH is 2. The van der Waals surface area contributed by atoms with Crippen LogP contribution in [-0.4, -0.2) is 53.7 Å². The van der Waals surface area contributed by atoms with Crippen molar-refractivity contribution in [1.29, 1.82) is 0 Å². The fraction of sp³-hybridized carbons (Fsp3) is 0.889. The number of hydrogen-bond acceptors (Lipinski definition) is 4.